The predicted molar refractivity (Wildman–Crippen MR) is 36.5 cm³/mol. The van der Waals surface area contributed by atoms with Crippen LogP contribution in [-0.2, 0) is 0 Å². The van der Waals surface area contributed by atoms with Crippen molar-refractivity contribution in [1.82, 2.24) is 4.98 Å². The fourth-order valence-corrected chi connectivity index (χ4v) is 1.20. The lowest BCUT2D eigenvalue weighted by Crippen LogP contribution is -1.73. The highest BCUT2D eigenvalue weighted by Crippen LogP contribution is 2.15. The Bertz CT molecular complexity index is 222. The van der Waals surface area contributed by atoms with Gasteiger partial charge in [0.25, 0.3) is 0 Å². The summed E-state index contributed by atoms with van der Waals surface area (Å²) in [6, 6.07) is 0. The molecule has 0 radical (unpaired) electrons. The van der Waals surface area contributed by atoms with Gasteiger partial charge in [0.05, 0.1) is 16.6 Å². The molecule has 0 spiro atoms. The SMILES string of the molecule is ON=Cc1scnc1Cl. The van der Waals surface area contributed by atoms with E-state index in [0.29, 0.717) is 10.0 Å². The van der Waals surface area contributed by atoms with Crippen LogP contribution >= 0.6 is 22.9 Å². The standard InChI is InChI=1S/C4H3ClN2OS/c5-4-3(1-7-8)9-2-6-4/h1-2,8H. The van der Waals surface area contributed by atoms with E-state index in [-0.39, 0.29) is 0 Å². The fourth-order valence-electron chi connectivity index (χ4n) is 0.378. The van der Waals surface area contributed by atoms with Crippen molar-refractivity contribution >= 4 is 29.2 Å². The van der Waals surface area contributed by atoms with Crippen molar-refractivity contribution in [1.29, 1.82) is 0 Å². The first-order valence-electron chi connectivity index (χ1n) is 2.11. The summed E-state index contributed by atoms with van der Waals surface area (Å²) in [5.74, 6) is 0. The first-order chi connectivity index (χ1) is 4.34. The molecule has 0 amide bonds. The van der Waals surface area contributed by atoms with Gasteiger partial charge in [-0.05, 0) is 0 Å². The maximum absolute atomic E-state index is 8.05. The summed E-state index contributed by atoms with van der Waals surface area (Å²) in [7, 11) is 0. The minimum atomic E-state index is 0.373. The van der Waals surface area contributed by atoms with E-state index in [4.69, 9.17) is 16.8 Å². The third-order valence-corrected chi connectivity index (χ3v) is 1.90. The van der Waals surface area contributed by atoms with Crippen molar-refractivity contribution in [3.63, 3.8) is 0 Å². The Hall–Kier alpha value is -0.610. The second kappa shape index (κ2) is 2.80. The Kier molecular flexibility index (Phi) is 2.02. The van der Waals surface area contributed by atoms with E-state index in [1.165, 1.54) is 17.6 Å². The highest BCUT2D eigenvalue weighted by molar-refractivity contribution is 7.12. The van der Waals surface area contributed by atoms with E-state index >= 15 is 0 Å². The highest BCUT2D eigenvalue weighted by atomic mass is 35.5. The van der Waals surface area contributed by atoms with Crippen LogP contribution in [0.15, 0.2) is 10.7 Å². The Morgan fingerprint density at radius 1 is 1.89 bits per heavy atom. The van der Waals surface area contributed by atoms with Crippen LogP contribution in [0.25, 0.3) is 0 Å². The van der Waals surface area contributed by atoms with E-state index in [1.807, 2.05) is 0 Å². The molecule has 0 unspecified atom stereocenters. The van der Waals surface area contributed by atoms with Crippen molar-refractivity contribution in [2.45, 2.75) is 0 Å². The molecule has 0 saturated heterocycles. The highest BCUT2D eigenvalue weighted by Gasteiger charge is 1.97. The first-order valence-corrected chi connectivity index (χ1v) is 3.37. The van der Waals surface area contributed by atoms with E-state index < -0.39 is 0 Å². The van der Waals surface area contributed by atoms with Gasteiger partial charge >= 0.3 is 0 Å². The second-order valence-corrected chi connectivity index (χ2v) is 2.50. The molecule has 3 nitrogen and oxygen atoms in total. The minimum Gasteiger partial charge on any atom is -0.411 e. The Morgan fingerprint density at radius 2 is 2.67 bits per heavy atom. The number of oxime groups is 1. The number of rotatable bonds is 1. The molecule has 0 bridgehead atoms. The molecule has 0 atom stereocenters. The summed E-state index contributed by atoms with van der Waals surface area (Å²) in [5.41, 5.74) is 1.58. The zero-order valence-corrected chi connectivity index (χ0v) is 5.85. The second-order valence-electron chi connectivity index (χ2n) is 1.25. The maximum Gasteiger partial charge on any atom is 0.148 e. The van der Waals surface area contributed by atoms with Crippen molar-refractivity contribution in [2.75, 3.05) is 0 Å². The molecular weight excluding hydrogens is 160 g/mol. The summed E-state index contributed by atoms with van der Waals surface area (Å²) in [6.07, 6.45) is 1.25. The molecule has 9 heavy (non-hydrogen) atoms. The quantitative estimate of drug-likeness (QED) is 0.387. The molecular formula is C4H3ClN2OS. The Morgan fingerprint density at radius 3 is 3.11 bits per heavy atom. The van der Waals surface area contributed by atoms with E-state index in [1.54, 1.807) is 5.51 Å². The largest absolute Gasteiger partial charge is 0.411 e. The van der Waals surface area contributed by atoms with Gasteiger partial charge in [-0.15, -0.1) is 11.3 Å². The number of thiazole rings is 1. The summed E-state index contributed by atoms with van der Waals surface area (Å²) in [5, 5.41) is 11.2. The van der Waals surface area contributed by atoms with Gasteiger partial charge in [-0.1, -0.05) is 16.8 Å². The number of hydrogen-bond donors (Lipinski definition) is 1. The zero-order chi connectivity index (χ0) is 6.69. The molecule has 1 aromatic rings. The van der Waals surface area contributed by atoms with Crippen LogP contribution < -0.4 is 0 Å². The lowest BCUT2D eigenvalue weighted by atomic mass is 10.6. The number of nitrogens with zero attached hydrogens (tertiary/aromatic N) is 2. The van der Waals surface area contributed by atoms with Crippen LogP contribution in [0.5, 0.6) is 0 Å². The molecule has 0 aromatic carbocycles. The average Bonchev–Trinajstić information content (AvgIpc) is 2.18. The third kappa shape index (κ3) is 1.40. The van der Waals surface area contributed by atoms with Gasteiger partial charge in [-0.3, -0.25) is 0 Å². The lowest BCUT2D eigenvalue weighted by Gasteiger charge is -1.78. The van der Waals surface area contributed by atoms with Gasteiger partial charge in [-0.25, -0.2) is 4.98 Å². The molecule has 0 aliphatic carbocycles. The normalized spacial score (nSPS) is 10.8. The monoisotopic (exact) mass is 162 g/mol. The van der Waals surface area contributed by atoms with Crippen LogP contribution in [0.2, 0.25) is 5.15 Å². The predicted octanol–water partition coefficient (Wildman–Crippen LogP) is 1.60. The molecule has 0 saturated carbocycles. The van der Waals surface area contributed by atoms with Crippen LogP contribution in [0.3, 0.4) is 0 Å². The van der Waals surface area contributed by atoms with Crippen LogP contribution in [0.1, 0.15) is 4.88 Å². The van der Waals surface area contributed by atoms with Crippen LogP contribution in [-0.4, -0.2) is 16.4 Å². The Balaban J connectivity index is 2.94. The molecule has 1 N–H and O–H groups in total. The topological polar surface area (TPSA) is 45.5 Å². The number of hydrogen-bond acceptors (Lipinski definition) is 4. The zero-order valence-electron chi connectivity index (χ0n) is 4.28. The molecule has 1 aromatic heterocycles. The molecule has 1 heterocycles. The maximum atomic E-state index is 8.05. The van der Waals surface area contributed by atoms with E-state index in [0.717, 1.165) is 0 Å². The molecule has 48 valence electrons. The molecule has 0 aliphatic heterocycles. The summed E-state index contributed by atoms with van der Waals surface area (Å²) in [4.78, 5) is 4.38. The molecule has 1 rings (SSSR count). The number of aromatic nitrogens is 1. The average molecular weight is 163 g/mol. The smallest absolute Gasteiger partial charge is 0.148 e. The van der Waals surface area contributed by atoms with Gasteiger partial charge in [0, 0.05) is 0 Å². The first kappa shape index (κ1) is 6.51. The van der Waals surface area contributed by atoms with Gasteiger partial charge in [0.1, 0.15) is 5.15 Å². The van der Waals surface area contributed by atoms with E-state index in [9.17, 15) is 0 Å². The Labute approximate surface area is 60.6 Å². The molecule has 0 aliphatic rings. The number of halogens is 1. The van der Waals surface area contributed by atoms with Gasteiger partial charge in [0.15, 0.2) is 0 Å². The van der Waals surface area contributed by atoms with Crippen molar-refractivity contribution in [3.8, 4) is 0 Å². The van der Waals surface area contributed by atoms with E-state index in [2.05, 4.69) is 10.1 Å². The summed E-state index contributed by atoms with van der Waals surface area (Å²) in [6.45, 7) is 0. The lowest BCUT2D eigenvalue weighted by molar-refractivity contribution is 0.322. The molecule has 5 heteroatoms. The summed E-state index contributed by atoms with van der Waals surface area (Å²) < 4.78 is 0. The van der Waals surface area contributed by atoms with Crippen molar-refractivity contribution < 1.29 is 5.21 Å². The molecule has 0 fully saturated rings. The van der Waals surface area contributed by atoms with Gasteiger partial charge in [0.2, 0.25) is 0 Å². The minimum absolute atomic E-state index is 0.373. The third-order valence-electron chi connectivity index (χ3n) is 0.724. The summed E-state index contributed by atoms with van der Waals surface area (Å²) >= 11 is 6.84. The van der Waals surface area contributed by atoms with Crippen molar-refractivity contribution in [3.05, 3.63) is 15.5 Å². The van der Waals surface area contributed by atoms with Gasteiger partial charge in [-0.2, -0.15) is 0 Å². The van der Waals surface area contributed by atoms with Crippen LogP contribution in [0, 0.1) is 0 Å². The van der Waals surface area contributed by atoms with Crippen molar-refractivity contribution in [2.24, 2.45) is 5.16 Å². The van der Waals surface area contributed by atoms with Gasteiger partial charge < -0.3 is 5.21 Å². The fraction of sp³-hybridized carbons (Fsp3) is 0. The van der Waals surface area contributed by atoms with Crippen LogP contribution in [0.4, 0.5) is 0 Å².